The van der Waals surface area contributed by atoms with Crippen LogP contribution in [0.4, 0.5) is 37.8 Å². The summed E-state index contributed by atoms with van der Waals surface area (Å²) in [4.78, 5) is 30.6. The van der Waals surface area contributed by atoms with Gasteiger partial charge in [-0.25, -0.2) is 18.2 Å². The van der Waals surface area contributed by atoms with E-state index in [1.54, 1.807) is 11.0 Å². The van der Waals surface area contributed by atoms with E-state index in [-0.39, 0.29) is 89.2 Å². The van der Waals surface area contributed by atoms with E-state index in [4.69, 9.17) is 21.6 Å². The molecule has 52 heavy (non-hydrogen) atoms. The molecule has 6 heterocycles. The number of piperazine rings is 1. The van der Waals surface area contributed by atoms with E-state index in [0.717, 1.165) is 11.3 Å². The molecule has 4 fully saturated rings. The molecule has 16 heteroatoms. The lowest BCUT2D eigenvalue weighted by molar-refractivity contribution is -0.188. The molecule has 0 radical (unpaired) electrons. The lowest BCUT2D eigenvalue weighted by Crippen LogP contribution is -2.59. The Bertz CT molecular complexity index is 2160. The molecule has 2 bridgehead atoms. The minimum Gasteiger partial charge on any atom is -0.480 e. The van der Waals surface area contributed by atoms with E-state index in [0.29, 0.717) is 31.2 Å². The third-order valence-electron chi connectivity index (χ3n) is 10.9. The number of hydrogen-bond donors (Lipinski definition) is 1. The Labute approximate surface area is 293 Å². The Hall–Kier alpha value is -5.04. The summed E-state index contributed by atoms with van der Waals surface area (Å²) in [5, 5.41) is 0.620. The Balaban J connectivity index is 1.30. The number of hydrogen-bond acceptors (Lipinski definition) is 9. The molecule has 0 saturated carbocycles. The number of pyridine rings is 1. The lowest BCUT2D eigenvalue weighted by Gasteiger charge is -2.42. The third-order valence-corrected chi connectivity index (χ3v) is 10.9. The first-order chi connectivity index (χ1) is 24.8. The van der Waals surface area contributed by atoms with Gasteiger partial charge in [-0.3, -0.25) is 9.69 Å². The molecule has 10 nitrogen and oxygen atoms in total. The third kappa shape index (κ3) is 5.39. The second-order valence-electron chi connectivity index (χ2n) is 13.9. The number of carbonyl (C=O) groups excluding carboxylic acids is 1. The highest BCUT2D eigenvalue weighted by Gasteiger charge is 2.53. The van der Waals surface area contributed by atoms with Crippen molar-refractivity contribution in [1.82, 2.24) is 24.8 Å². The van der Waals surface area contributed by atoms with Gasteiger partial charge in [-0.15, -0.1) is 6.42 Å². The molecule has 4 aliphatic rings. The summed E-state index contributed by atoms with van der Waals surface area (Å²) in [6.45, 7) is 0.877. The quantitative estimate of drug-likeness (QED) is 0.159. The molecule has 2 aromatic heterocycles. The number of anilines is 2. The zero-order valence-corrected chi connectivity index (χ0v) is 27.9. The van der Waals surface area contributed by atoms with Crippen LogP contribution < -0.4 is 20.1 Å². The van der Waals surface area contributed by atoms with Crippen LogP contribution in [-0.4, -0.2) is 101 Å². The average molecular weight is 726 g/mol. The van der Waals surface area contributed by atoms with Crippen molar-refractivity contribution in [2.75, 3.05) is 50.5 Å². The number of aromatic nitrogens is 3. The number of carbonyl (C=O) groups is 1. The van der Waals surface area contributed by atoms with Gasteiger partial charge >= 0.3 is 18.1 Å². The van der Waals surface area contributed by atoms with Crippen LogP contribution in [0.1, 0.15) is 37.7 Å². The maximum atomic E-state index is 17.2. The molecule has 4 saturated heterocycles. The maximum Gasteiger partial charge on any atom is 0.471 e. The van der Waals surface area contributed by atoms with Crippen LogP contribution in [0.25, 0.3) is 32.9 Å². The predicted molar refractivity (Wildman–Crippen MR) is 180 cm³/mol. The number of rotatable bonds is 6. The molecule has 1 amide bonds. The Morgan fingerprint density at radius 3 is 2.54 bits per heavy atom. The van der Waals surface area contributed by atoms with Crippen LogP contribution in [0.2, 0.25) is 0 Å². The lowest BCUT2D eigenvalue weighted by atomic mass is 9.95. The normalized spacial score (nSPS) is 24.5. The van der Waals surface area contributed by atoms with E-state index < -0.39 is 47.5 Å². The number of terminal acetylenes is 1. The predicted octanol–water partition coefficient (Wildman–Crippen LogP) is 5.39. The highest BCUT2D eigenvalue weighted by molar-refractivity contribution is 6.04. The van der Waals surface area contributed by atoms with Gasteiger partial charge in [0.1, 0.15) is 41.0 Å². The highest BCUT2D eigenvalue weighted by Crippen LogP contribution is 2.45. The number of nitrogens with zero attached hydrogens (tertiary/aromatic N) is 6. The van der Waals surface area contributed by atoms with Gasteiger partial charge in [0.2, 0.25) is 5.88 Å². The first-order valence-corrected chi connectivity index (χ1v) is 16.9. The minimum atomic E-state index is -5.04. The van der Waals surface area contributed by atoms with Crippen molar-refractivity contribution in [1.29, 1.82) is 0 Å². The molecule has 4 aliphatic heterocycles. The molecule has 2 aromatic carbocycles. The van der Waals surface area contributed by atoms with Gasteiger partial charge in [0.25, 0.3) is 0 Å². The first kappa shape index (κ1) is 34.1. The molecule has 8 rings (SSSR count). The number of halogens is 6. The summed E-state index contributed by atoms with van der Waals surface area (Å²) in [6, 6.07) is 3.77. The van der Waals surface area contributed by atoms with Gasteiger partial charge in [0, 0.05) is 42.7 Å². The second-order valence-corrected chi connectivity index (χ2v) is 13.9. The fraction of sp³-hybridized carbons (Fsp3) is 0.444. The molecule has 272 valence electrons. The van der Waals surface area contributed by atoms with E-state index in [2.05, 4.69) is 20.9 Å². The van der Waals surface area contributed by atoms with E-state index in [9.17, 15) is 26.7 Å². The van der Waals surface area contributed by atoms with Gasteiger partial charge in [-0.05, 0) is 55.8 Å². The van der Waals surface area contributed by atoms with Crippen LogP contribution in [0, 0.1) is 24.0 Å². The van der Waals surface area contributed by atoms with E-state index in [1.807, 2.05) is 4.90 Å². The highest BCUT2D eigenvalue weighted by atomic mass is 19.4. The number of methoxy groups -OCH3 is 1. The number of nitrogens with two attached hydrogens (primary N) is 1. The van der Waals surface area contributed by atoms with Crippen molar-refractivity contribution in [3.05, 3.63) is 41.5 Å². The van der Waals surface area contributed by atoms with Crippen molar-refractivity contribution in [3.8, 4) is 35.5 Å². The summed E-state index contributed by atoms with van der Waals surface area (Å²) in [5.41, 5.74) is 5.15. The Kier molecular flexibility index (Phi) is 8.05. The number of amides is 1. The van der Waals surface area contributed by atoms with Crippen LogP contribution in [0.5, 0.6) is 11.9 Å². The van der Waals surface area contributed by atoms with Crippen molar-refractivity contribution in [2.45, 2.75) is 62.1 Å². The monoisotopic (exact) mass is 725 g/mol. The van der Waals surface area contributed by atoms with E-state index in [1.165, 1.54) is 25.3 Å². The second kappa shape index (κ2) is 12.3. The molecule has 2 unspecified atom stereocenters. The number of nitrogen functional groups attached to an aromatic ring is 1. The maximum absolute atomic E-state index is 17.2. The number of alkyl halides is 4. The van der Waals surface area contributed by atoms with Gasteiger partial charge in [0.15, 0.2) is 5.82 Å². The van der Waals surface area contributed by atoms with Crippen LogP contribution >= 0.6 is 0 Å². The molecule has 0 aliphatic carbocycles. The van der Waals surface area contributed by atoms with Crippen molar-refractivity contribution >= 4 is 39.1 Å². The van der Waals surface area contributed by atoms with E-state index >= 15 is 4.39 Å². The van der Waals surface area contributed by atoms with Crippen LogP contribution in [0.15, 0.2) is 24.3 Å². The van der Waals surface area contributed by atoms with Crippen LogP contribution in [0.3, 0.4) is 0 Å². The Morgan fingerprint density at radius 1 is 1.10 bits per heavy atom. The summed E-state index contributed by atoms with van der Waals surface area (Å²) < 4.78 is 99.3. The molecule has 0 spiro atoms. The summed E-state index contributed by atoms with van der Waals surface area (Å²) >= 11 is 0. The fourth-order valence-electron chi connectivity index (χ4n) is 8.72. The van der Waals surface area contributed by atoms with Gasteiger partial charge in [0.05, 0.1) is 30.3 Å². The molecule has 4 atom stereocenters. The van der Waals surface area contributed by atoms with Crippen molar-refractivity contribution < 1.29 is 40.6 Å². The number of benzene rings is 2. The topological polar surface area (TPSA) is 110 Å². The molecule has 2 N–H and O–H groups in total. The fourth-order valence-corrected chi connectivity index (χ4v) is 8.72. The zero-order valence-electron chi connectivity index (χ0n) is 27.9. The van der Waals surface area contributed by atoms with Gasteiger partial charge < -0.3 is 25.0 Å². The SMILES string of the molecule is C#Cc1c(F)ccc2cc(N)cc(-c3nc(OC)c4c(N5CC6CCC(C5)N6C(=O)C(F)(F)F)nc(OC[C@@]56CCCN5C[C@H](F)C6)nc4c3F)c12. The van der Waals surface area contributed by atoms with Crippen molar-refractivity contribution in [3.63, 3.8) is 0 Å². The summed E-state index contributed by atoms with van der Waals surface area (Å²) in [5.74, 6) is -1.32. The van der Waals surface area contributed by atoms with Crippen LogP contribution in [-0.2, 0) is 4.79 Å². The zero-order chi connectivity index (χ0) is 36.7. The molecule has 4 aromatic rings. The average Bonchev–Trinajstić information content (AvgIpc) is 3.72. The molecular weight excluding hydrogens is 692 g/mol. The minimum absolute atomic E-state index is 0.00741. The largest absolute Gasteiger partial charge is 0.480 e. The number of fused-ring (bicyclic) bond motifs is 5. The Morgan fingerprint density at radius 2 is 1.85 bits per heavy atom. The standard InChI is InChI=1S/C36H33F6N7O3/c1-3-23-25(38)8-5-18-11-20(43)12-24(26(18)23)29-28(39)30-27(32(44-29)51-2)31(47-15-21-6-7-22(16-47)49(21)33(50)36(40,41)42)46-34(45-30)52-17-35-9-4-10-48(35)14-19(37)13-35/h1,5,8,11-12,19,21-22H,4,6-7,9-10,13-17,43H2,2H3/t19-,21?,22?,35+/m1/s1. The molecular formula is C36H33F6N7O3. The van der Waals surface area contributed by atoms with Crippen molar-refractivity contribution in [2.24, 2.45) is 0 Å². The van der Waals surface area contributed by atoms with Gasteiger partial charge in [-0.2, -0.15) is 23.1 Å². The van der Waals surface area contributed by atoms with Gasteiger partial charge in [-0.1, -0.05) is 12.0 Å². The number of ether oxygens (including phenoxy) is 2. The first-order valence-electron chi connectivity index (χ1n) is 16.9. The smallest absolute Gasteiger partial charge is 0.471 e. The summed E-state index contributed by atoms with van der Waals surface area (Å²) in [6.07, 6.45) is 2.04. The summed E-state index contributed by atoms with van der Waals surface area (Å²) in [7, 11) is 1.30.